The van der Waals surface area contributed by atoms with Crippen molar-refractivity contribution in [2.24, 2.45) is 5.73 Å². The summed E-state index contributed by atoms with van der Waals surface area (Å²) in [4.78, 5) is 0. The van der Waals surface area contributed by atoms with E-state index in [0.29, 0.717) is 0 Å². The monoisotopic (exact) mass is 193 g/mol. The molecular formula is C12H16FN. The van der Waals surface area contributed by atoms with Crippen molar-refractivity contribution in [3.05, 3.63) is 34.9 Å². The number of alkyl halides is 1. The Morgan fingerprint density at radius 1 is 1.43 bits per heavy atom. The summed E-state index contributed by atoms with van der Waals surface area (Å²) in [7, 11) is 0. The first-order valence-electron chi connectivity index (χ1n) is 5.10. The number of hydrogen-bond acceptors (Lipinski definition) is 1. The molecule has 0 spiro atoms. The van der Waals surface area contributed by atoms with E-state index in [1.807, 2.05) is 25.1 Å². The molecule has 0 aliphatic heterocycles. The maximum Gasteiger partial charge on any atom is 0.115 e. The molecule has 1 aromatic rings. The summed E-state index contributed by atoms with van der Waals surface area (Å²) in [6, 6.07) is 5.73. The van der Waals surface area contributed by atoms with E-state index in [4.69, 9.17) is 5.73 Å². The Bertz CT molecular complexity index is 342. The van der Waals surface area contributed by atoms with Crippen LogP contribution in [0.1, 0.15) is 36.0 Å². The van der Waals surface area contributed by atoms with E-state index in [9.17, 15) is 4.39 Å². The average Bonchev–Trinajstić information content (AvgIpc) is 2.15. The molecule has 1 nitrogen and oxygen atoms in total. The molecule has 0 bridgehead atoms. The predicted octanol–water partition coefficient (Wildman–Crippen LogP) is 2.80. The predicted molar refractivity (Wildman–Crippen MR) is 55.7 cm³/mol. The van der Waals surface area contributed by atoms with E-state index in [1.54, 1.807) is 0 Å². The summed E-state index contributed by atoms with van der Waals surface area (Å²) in [6.45, 7) is 1.65. The van der Waals surface area contributed by atoms with Crippen LogP contribution in [0.2, 0.25) is 0 Å². The summed E-state index contributed by atoms with van der Waals surface area (Å²) < 4.78 is 12.5. The number of nitrogens with two attached hydrogens (primary N) is 1. The Morgan fingerprint density at radius 3 is 2.64 bits per heavy atom. The third-order valence-corrected chi connectivity index (χ3v) is 3.24. The number of halogens is 1. The molecule has 0 radical (unpaired) electrons. The van der Waals surface area contributed by atoms with Gasteiger partial charge in [0, 0.05) is 5.54 Å². The van der Waals surface area contributed by atoms with Crippen LogP contribution in [-0.2, 0) is 12.2 Å². The molecule has 0 aromatic heterocycles. The van der Waals surface area contributed by atoms with Gasteiger partial charge in [0.25, 0.3) is 0 Å². The first kappa shape index (κ1) is 9.66. The molecule has 76 valence electrons. The van der Waals surface area contributed by atoms with Gasteiger partial charge in [0.1, 0.15) is 6.67 Å². The Balaban J connectivity index is 2.40. The molecule has 1 aliphatic rings. The number of hydrogen-bond donors (Lipinski definition) is 1. The molecule has 1 fully saturated rings. The highest BCUT2D eigenvalue weighted by Crippen LogP contribution is 2.40. The number of benzene rings is 1. The van der Waals surface area contributed by atoms with E-state index < -0.39 is 6.67 Å². The van der Waals surface area contributed by atoms with Crippen LogP contribution in [0.3, 0.4) is 0 Å². The quantitative estimate of drug-likeness (QED) is 0.768. The molecule has 2 rings (SSSR count). The van der Waals surface area contributed by atoms with Crippen LogP contribution in [0.15, 0.2) is 18.2 Å². The SMILES string of the molecule is Cc1ccc(CF)cc1C1(N)CCC1. The molecule has 1 saturated carbocycles. The smallest absolute Gasteiger partial charge is 0.115 e. The van der Waals surface area contributed by atoms with Crippen LogP contribution in [0.5, 0.6) is 0 Å². The molecule has 2 N–H and O–H groups in total. The molecule has 0 atom stereocenters. The minimum Gasteiger partial charge on any atom is -0.321 e. The van der Waals surface area contributed by atoms with Crippen molar-refractivity contribution in [3.63, 3.8) is 0 Å². The summed E-state index contributed by atoms with van der Waals surface area (Å²) >= 11 is 0. The van der Waals surface area contributed by atoms with Gasteiger partial charge in [-0.05, 0) is 42.9 Å². The topological polar surface area (TPSA) is 26.0 Å². The van der Waals surface area contributed by atoms with Gasteiger partial charge in [-0.3, -0.25) is 0 Å². The third kappa shape index (κ3) is 1.44. The first-order valence-corrected chi connectivity index (χ1v) is 5.10. The Kier molecular flexibility index (Phi) is 2.31. The van der Waals surface area contributed by atoms with Crippen LogP contribution < -0.4 is 5.73 Å². The highest BCUT2D eigenvalue weighted by molar-refractivity contribution is 5.37. The van der Waals surface area contributed by atoms with Crippen LogP contribution >= 0.6 is 0 Å². The van der Waals surface area contributed by atoms with Gasteiger partial charge in [-0.2, -0.15) is 0 Å². The molecule has 0 heterocycles. The summed E-state index contributed by atoms with van der Waals surface area (Å²) in [5, 5.41) is 0. The van der Waals surface area contributed by atoms with Gasteiger partial charge < -0.3 is 5.73 Å². The molecule has 0 saturated heterocycles. The van der Waals surface area contributed by atoms with Crippen LogP contribution in [0.25, 0.3) is 0 Å². The lowest BCUT2D eigenvalue weighted by molar-refractivity contribution is 0.252. The zero-order valence-corrected chi connectivity index (χ0v) is 8.52. The zero-order chi connectivity index (χ0) is 10.2. The minimum absolute atomic E-state index is 0.171. The Morgan fingerprint density at radius 2 is 2.14 bits per heavy atom. The fourth-order valence-electron chi connectivity index (χ4n) is 2.12. The first-order chi connectivity index (χ1) is 6.65. The fraction of sp³-hybridized carbons (Fsp3) is 0.500. The van der Waals surface area contributed by atoms with Crippen molar-refractivity contribution in [1.29, 1.82) is 0 Å². The number of rotatable bonds is 2. The second kappa shape index (κ2) is 3.35. The van der Waals surface area contributed by atoms with E-state index in [0.717, 1.165) is 24.0 Å². The van der Waals surface area contributed by atoms with Crippen molar-refractivity contribution in [1.82, 2.24) is 0 Å². The standard InChI is InChI=1S/C12H16FN/c1-9-3-4-10(8-13)7-11(9)12(14)5-2-6-12/h3-4,7H,2,5-6,8,14H2,1H3. The molecule has 0 unspecified atom stereocenters. The maximum atomic E-state index is 12.5. The van der Waals surface area contributed by atoms with Gasteiger partial charge in [-0.1, -0.05) is 18.2 Å². The fourth-order valence-corrected chi connectivity index (χ4v) is 2.12. The van der Waals surface area contributed by atoms with Crippen molar-refractivity contribution in [3.8, 4) is 0 Å². The van der Waals surface area contributed by atoms with Gasteiger partial charge in [-0.25, -0.2) is 4.39 Å². The molecule has 0 amide bonds. The van der Waals surface area contributed by atoms with Crippen molar-refractivity contribution >= 4 is 0 Å². The van der Waals surface area contributed by atoms with Crippen LogP contribution in [0.4, 0.5) is 4.39 Å². The minimum atomic E-state index is -0.399. The maximum absolute atomic E-state index is 12.5. The molecule has 14 heavy (non-hydrogen) atoms. The van der Waals surface area contributed by atoms with E-state index in [1.165, 1.54) is 12.0 Å². The lowest BCUT2D eigenvalue weighted by atomic mass is 9.71. The van der Waals surface area contributed by atoms with Crippen molar-refractivity contribution < 1.29 is 4.39 Å². The Hall–Kier alpha value is -0.890. The van der Waals surface area contributed by atoms with E-state index >= 15 is 0 Å². The third-order valence-electron chi connectivity index (χ3n) is 3.24. The lowest BCUT2D eigenvalue weighted by Crippen LogP contribution is -2.43. The second-order valence-electron chi connectivity index (χ2n) is 4.29. The van der Waals surface area contributed by atoms with Gasteiger partial charge >= 0.3 is 0 Å². The highest BCUT2D eigenvalue weighted by Gasteiger charge is 2.35. The number of aryl methyl sites for hydroxylation is 1. The molecule has 2 heteroatoms. The lowest BCUT2D eigenvalue weighted by Gasteiger charge is -2.39. The van der Waals surface area contributed by atoms with E-state index in [2.05, 4.69) is 0 Å². The normalized spacial score (nSPS) is 19.1. The van der Waals surface area contributed by atoms with Crippen molar-refractivity contribution in [2.45, 2.75) is 38.4 Å². The van der Waals surface area contributed by atoms with E-state index in [-0.39, 0.29) is 5.54 Å². The van der Waals surface area contributed by atoms with Crippen LogP contribution in [0, 0.1) is 6.92 Å². The average molecular weight is 193 g/mol. The molecular weight excluding hydrogens is 177 g/mol. The second-order valence-corrected chi connectivity index (χ2v) is 4.29. The largest absolute Gasteiger partial charge is 0.321 e. The molecule has 1 aromatic carbocycles. The zero-order valence-electron chi connectivity index (χ0n) is 8.52. The van der Waals surface area contributed by atoms with Gasteiger partial charge in [-0.15, -0.1) is 0 Å². The summed E-state index contributed by atoms with van der Waals surface area (Å²) in [5.41, 5.74) is 9.12. The van der Waals surface area contributed by atoms with Gasteiger partial charge in [0.05, 0.1) is 0 Å². The Labute approximate surface area is 84.1 Å². The van der Waals surface area contributed by atoms with Gasteiger partial charge in [0.15, 0.2) is 0 Å². The summed E-state index contributed by atoms with van der Waals surface area (Å²) in [6.07, 6.45) is 3.25. The van der Waals surface area contributed by atoms with Crippen LogP contribution in [-0.4, -0.2) is 0 Å². The molecule has 1 aliphatic carbocycles. The van der Waals surface area contributed by atoms with Crippen molar-refractivity contribution in [2.75, 3.05) is 0 Å². The summed E-state index contributed by atoms with van der Waals surface area (Å²) in [5.74, 6) is 0. The van der Waals surface area contributed by atoms with Gasteiger partial charge in [0.2, 0.25) is 0 Å². The highest BCUT2D eigenvalue weighted by atomic mass is 19.1.